The molecule has 0 saturated heterocycles. The third-order valence-corrected chi connectivity index (χ3v) is 6.50. The Bertz CT molecular complexity index is 1030. The van der Waals surface area contributed by atoms with Gasteiger partial charge in [-0.25, -0.2) is 18.4 Å². The van der Waals surface area contributed by atoms with E-state index in [-0.39, 0.29) is 25.0 Å². The Hall–Kier alpha value is -3.49. The molecule has 9 heteroatoms. The molecule has 1 fully saturated rings. The Morgan fingerprint density at radius 1 is 1.00 bits per heavy atom. The number of alkyl halides is 2. The van der Waals surface area contributed by atoms with Gasteiger partial charge in [-0.05, 0) is 41.5 Å². The number of carboxylic acids is 1. The molecule has 0 spiro atoms. The smallest absolute Gasteiger partial charge is 0.407 e. The van der Waals surface area contributed by atoms with Crippen LogP contribution >= 0.6 is 0 Å². The zero-order chi connectivity index (χ0) is 24.2. The van der Waals surface area contributed by atoms with Crippen LogP contribution in [0.3, 0.4) is 0 Å². The maximum Gasteiger partial charge on any atom is 0.407 e. The van der Waals surface area contributed by atoms with E-state index in [1.54, 1.807) is 0 Å². The highest BCUT2D eigenvalue weighted by atomic mass is 19.3. The minimum Gasteiger partial charge on any atom is -0.480 e. The fourth-order valence-corrected chi connectivity index (χ4v) is 4.85. The summed E-state index contributed by atoms with van der Waals surface area (Å²) in [5, 5.41) is 14.0. The summed E-state index contributed by atoms with van der Waals surface area (Å²) in [5.74, 6) is -2.72. The van der Waals surface area contributed by atoms with Crippen LogP contribution in [0, 0.1) is 5.92 Å². The molecule has 180 valence electrons. The number of carboxylic acid groups (broad SMARTS) is 1. The van der Waals surface area contributed by atoms with Gasteiger partial charge in [0.15, 0.2) is 0 Å². The Morgan fingerprint density at radius 2 is 1.62 bits per heavy atom. The molecule has 2 amide bonds. The van der Waals surface area contributed by atoms with Crippen molar-refractivity contribution in [3.05, 3.63) is 59.7 Å². The van der Waals surface area contributed by atoms with Crippen LogP contribution in [0.5, 0.6) is 0 Å². The second kappa shape index (κ2) is 10.2. The number of carbonyl (C=O) groups excluding carboxylic acids is 2. The Kier molecular flexibility index (Phi) is 7.09. The summed E-state index contributed by atoms with van der Waals surface area (Å²) >= 11 is 0. The molecule has 0 bridgehead atoms. The first-order chi connectivity index (χ1) is 16.3. The number of alkyl carbamates (subject to hydrolysis) is 1. The van der Waals surface area contributed by atoms with Gasteiger partial charge in [-0.2, -0.15) is 0 Å². The van der Waals surface area contributed by atoms with Crippen molar-refractivity contribution in [3.8, 4) is 11.1 Å². The van der Waals surface area contributed by atoms with Crippen LogP contribution in [-0.4, -0.2) is 48.2 Å². The van der Waals surface area contributed by atoms with Crippen LogP contribution < -0.4 is 10.6 Å². The van der Waals surface area contributed by atoms with E-state index in [4.69, 9.17) is 9.84 Å². The number of halogens is 2. The van der Waals surface area contributed by atoms with E-state index in [0.717, 1.165) is 22.3 Å². The lowest BCUT2D eigenvalue weighted by atomic mass is 9.98. The predicted octanol–water partition coefficient (Wildman–Crippen LogP) is 3.92. The first kappa shape index (κ1) is 23.7. The molecule has 7 nitrogen and oxygen atoms in total. The topological polar surface area (TPSA) is 105 Å². The molecule has 0 heterocycles. The Balaban J connectivity index is 1.29. The summed E-state index contributed by atoms with van der Waals surface area (Å²) in [6.45, 7) is 0.171. The molecule has 1 unspecified atom stereocenters. The van der Waals surface area contributed by atoms with Crippen LogP contribution in [0.2, 0.25) is 0 Å². The van der Waals surface area contributed by atoms with E-state index >= 15 is 0 Å². The summed E-state index contributed by atoms with van der Waals surface area (Å²) in [5.41, 5.74) is 4.46. The van der Waals surface area contributed by atoms with Gasteiger partial charge in [0.05, 0.1) is 0 Å². The van der Waals surface area contributed by atoms with Crippen LogP contribution in [0.1, 0.15) is 42.7 Å². The molecule has 4 rings (SSSR count). The van der Waals surface area contributed by atoms with E-state index in [1.165, 1.54) is 0 Å². The average molecular weight is 472 g/mol. The fraction of sp³-hybridized carbons (Fsp3) is 0.400. The monoisotopic (exact) mass is 472 g/mol. The van der Waals surface area contributed by atoms with E-state index in [1.807, 2.05) is 48.5 Å². The van der Waals surface area contributed by atoms with Gasteiger partial charge in [0.2, 0.25) is 12.3 Å². The van der Waals surface area contributed by atoms with Gasteiger partial charge < -0.3 is 20.5 Å². The number of amides is 2. The summed E-state index contributed by atoms with van der Waals surface area (Å²) in [4.78, 5) is 35.9. The van der Waals surface area contributed by atoms with Crippen molar-refractivity contribution < 1.29 is 33.0 Å². The highest BCUT2D eigenvalue weighted by Gasteiger charge is 2.34. The van der Waals surface area contributed by atoms with Gasteiger partial charge in [0.25, 0.3) is 0 Å². The summed E-state index contributed by atoms with van der Waals surface area (Å²) in [7, 11) is 0. The van der Waals surface area contributed by atoms with Crippen molar-refractivity contribution in [2.75, 3.05) is 6.61 Å². The maximum absolute atomic E-state index is 12.6. The molecular weight excluding hydrogens is 446 g/mol. The van der Waals surface area contributed by atoms with Gasteiger partial charge in [-0.15, -0.1) is 0 Å². The second-order valence-electron chi connectivity index (χ2n) is 8.70. The molecule has 3 N–H and O–H groups in total. The van der Waals surface area contributed by atoms with Crippen molar-refractivity contribution in [1.29, 1.82) is 0 Å². The quantitative estimate of drug-likeness (QED) is 0.540. The first-order valence-corrected chi connectivity index (χ1v) is 11.3. The predicted molar refractivity (Wildman–Crippen MR) is 120 cm³/mol. The maximum atomic E-state index is 12.6. The lowest BCUT2D eigenvalue weighted by molar-refractivity contribution is -0.143. The highest BCUT2D eigenvalue weighted by Crippen LogP contribution is 2.44. The number of rotatable bonds is 8. The summed E-state index contributed by atoms with van der Waals surface area (Å²) in [6.07, 6.45) is -3.16. The SMILES string of the molecule is O=C(N[C@H]1CC[C@@H](C(=O)NC(CC(F)F)C(=O)O)C1)OCC1c2ccccc2-c2ccccc21. The van der Waals surface area contributed by atoms with Gasteiger partial charge in [-0.3, -0.25) is 4.79 Å². The first-order valence-electron chi connectivity index (χ1n) is 11.3. The molecule has 0 radical (unpaired) electrons. The largest absolute Gasteiger partial charge is 0.480 e. The number of hydrogen-bond acceptors (Lipinski definition) is 4. The number of fused-ring (bicyclic) bond motifs is 3. The normalized spacial score (nSPS) is 19.9. The zero-order valence-electron chi connectivity index (χ0n) is 18.4. The average Bonchev–Trinajstić information content (AvgIpc) is 3.39. The lowest BCUT2D eigenvalue weighted by Gasteiger charge is -2.18. The van der Waals surface area contributed by atoms with Crippen molar-refractivity contribution in [2.45, 2.75) is 50.1 Å². The van der Waals surface area contributed by atoms with Gasteiger partial charge >= 0.3 is 12.1 Å². The van der Waals surface area contributed by atoms with E-state index in [2.05, 4.69) is 10.6 Å². The Morgan fingerprint density at radius 3 is 2.21 bits per heavy atom. The molecule has 2 aromatic carbocycles. The highest BCUT2D eigenvalue weighted by molar-refractivity contribution is 5.85. The lowest BCUT2D eigenvalue weighted by Crippen LogP contribution is -2.44. The van der Waals surface area contributed by atoms with Crippen LogP contribution in [0.4, 0.5) is 13.6 Å². The van der Waals surface area contributed by atoms with Crippen LogP contribution in [0.15, 0.2) is 48.5 Å². The number of ether oxygens (including phenoxy) is 1. The molecule has 34 heavy (non-hydrogen) atoms. The molecule has 0 aromatic heterocycles. The molecule has 3 atom stereocenters. The third-order valence-electron chi connectivity index (χ3n) is 6.50. The third kappa shape index (κ3) is 5.18. The van der Waals surface area contributed by atoms with Gasteiger partial charge in [-0.1, -0.05) is 48.5 Å². The van der Waals surface area contributed by atoms with Crippen LogP contribution in [-0.2, 0) is 14.3 Å². The van der Waals surface area contributed by atoms with Gasteiger partial charge in [0.1, 0.15) is 12.6 Å². The summed E-state index contributed by atoms with van der Waals surface area (Å²) in [6, 6.07) is 14.1. The minimum atomic E-state index is -2.84. The number of benzene rings is 2. The van der Waals surface area contributed by atoms with E-state index in [0.29, 0.717) is 12.8 Å². The fourth-order valence-electron chi connectivity index (χ4n) is 4.85. The zero-order valence-corrected chi connectivity index (χ0v) is 18.4. The van der Waals surface area contributed by atoms with E-state index in [9.17, 15) is 23.2 Å². The summed E-state index contributed by atoms with van der Waals surface area (Å²) < 4.78 is 30.6. The van der Waals surface area contributed by atoms with E-state index < -0.39 is 42.8 Å². The second-order valence-corrected chi connectivity index (χ2v) is 8.70. The molecular formula is C25H26F2N2O5. The molecule has 2 aromatic rings. The van der Waals surface area contributed by atoms with Crippen molar-refractivity contribution >= 4 is 18.0 Å². The number of hydrogen-bond donors (Lipinski definition) is 3. The van der Waals surface area contributed by atoms with Gasteiger partial charge in [0, 0.05) is 24.3 Å². The standard InChI is InChI=1S/C25H26F2N2O5/c26-22(27)12-21(24(31)32)29-23(30)14-9-10-15(11-14)28-25(33)34-13-20-18-7-3-1-5-16(18)17-6-2-4-8-19(17)20/h1-8,14-15,20-22H,9-13H2,(H,28,33)(H,29,30)(H,31,32)/t14-,15+,21?/m1/s1. The van der Waals surface area contributed by atoms with Crippen molar-refractivity contribution in [1.82, 2.24) is 10.6 Å². The molecule has 0 aliphatic heterocycles. The van der Waals surface area contributed by atoms with Crippen LogP contribution in [0.25, 0.3) is 11.1 Å². The van der Waals surface area contributed by atoms with Crippen molar-refractivity contribution in [2.24, 2.45) is 5.92 Å². The Labute approximate surface area is 195 Å². The number of nitrogens with one attached hydrogen (secondary N) is 2. The minimum absolute atomic E-state index is 0.0666. The number of carbonyl (C=O) groups is 3. The molecule has 1 saturated carbocycles. The molecule has 2 aliphatic rings. The number of aliphatic carboxylic acids is 1. The molecule has 2 aliphatic carbocycles. The van der Waals surface area contributed by atoms with Crippen molar-refractivity contribution in [3.63, 3.8) is 0 Å².